The number of hydrogen-bond donors (Lipinski definition) is 1. The Morgan fingerprint density at radius 3 is 1.88 bits per heavy atom. The van der Waals surface area contributed by atoms with Crippen molar-refractivity contribution < 1.29 is 0 Å². The van der Waals surface area contributed by atoms with E-state index in [9.17, 15) is 0 Å². The SMILES string of the molecule is CC(C)(C)C1CN1S. The highest BCUT2D eigenvalue weighted by molar-refractivity contribution is 7.78. The van der Waals surface area contributed by atoms with Crippen LogP contribution in [0.4, 0.5) is 0 Å². The summed E-state index contributed by atoms with van der Waals surface area (Å²) in [6.45, 7) is 7.89. The smallest absolute Gasteiger partial charge is 0.0386 e. The lowest BCUT2D eigenvalue weighted by atomic mass is 9.92. The highest BCUT2D eigenvalue weighted by atomic mass is 32.1. The van der Waals surface area contributed by atoms with Crippen molar-refractivity contribution in [2.75, 3.05) is 6.54 Å². The molecule has 0 aromatic rings. The zero-order valence-electron chi connectivity index (χ0n) is 5.68. The second-order valence-electron chi connectivity index (χ2n) is 3.50. The standard InChI is InChI=1S/C6H13NS/c1-6(2,3)5-4-7(5)8/h5,8H,4H2,1-3H3. The molecule has 8 heavy (non-hydrogen) atoms. The van der Waals surface area contributed by atoms with E-state index >= 15 is 0 Å². The van der Waals surface area contributed by atoms with E-state index in [0.717, 1.165) is 6.54 Å². The van der Waals surface area contributed by atoms with Crippen molar-refractivity contribution in [1.82, 2.24) is 4.31 Å². The van der Waals surface area contributed by atoms with E-state index in [1.54, 1.807) is 0 Å². The van der Waals surface area contributed by atoms with E-state index < -0.39 is 0 Å². The van der Waals surface area contributed by atoms with Crippen molar-refractivity contribution in [3.05, 3.63) is 0 Å². The molecular formula is C6H13NS. The lowest BCUT2D eigenvalue weighted by Crippen LogP contribution is -2.15. The Kier molecular flexibility index (Phi) is 1.32. The van der Waals surface area contributed by atoms with Crippen LogP contribution in [-0.4, -0.2) is 16.9 Å². The Labute approximate surface area is 56.6 Å². The molecule has 0 spiro atoms. The van der Waals surface area contributed by atoms with E-state index in [1.807, 2.05) is 0 Å². The van der Waals surface area contributed by atoms with Crippen LogP contribution < -0.4 is 0 Å². The second-order valence-corrected chi connectivity index (χ2v) is 4.02. The fourth-order valence-corrected chi connectivity index (χ4v) is 1.35. The topological polar surface area (TPSA) is 3.01 Å². The molecule has 2 atom stereocenters. The minimum Gasteiger partial charge on any atom is -0.247 e. The van der Waals surface area contributed by atoms with Gasteiger partial charge in [0.25, 0.3) is 0 Å². The van der Waals surface area contributed by atoms with Gasteiger partial charge in [0.15, 0.2) is 0 Å². The van der Waals surface area contributed by atoms with Gasteiger partial charge in [0, 0.05) is 12.6 Å². The van der Waals surface area contributed by atoms with Crippen LogP contribution in [0.15, 0.2) is 0 Å². The maximum absolute atomic E-state index is 4.20. The summed E-state index contributed by atoms with van der Waals surface area (Å²) >= 11 is 4.20. The van der Waals surface area contributed by atoms with Crippen molar-refractivity contribution in [3.63, 3.8) is 0 Å². The minimum absolute atomic E-state index is 0.432. The van der Waals surface area contributed by atoms with E-state index in [-0.39, 0.29) is 0 Å². The largest absolute Gasteiger partial charge is 0.247 e. The predicted octanol–water partition coefficient (Wildman–Crippen LogP) is 1.56. The average Bonchev–Trinajstić information content (AvgIpc) is 2.13. The third-order valence-electron chi connectivity index (χ3n) is 1.59. The van der Waals surface area contributed by atoms with E-state index in [1.165, 1.54) is 0 Å². The van der Waals surface area contributed by atoms with E-state index in [2.05, 4.69) is 37.9 Å². The molecule has 0 N–H and O–H groups in total. The van der Waals surface area contributed by atoms with Gasteiger partial charge in [0.2, 0.25) is 0 Å². The summed E-state index contributed by atoms with van der Waals surface area (Å²) in [5, 5.41) is 0. The van der Waals surface area contributed by atoms with Crippen LogP contribution in [-0.2, 0) is 0 Å². The Bertz CT molecular complexity index is 95.2. The normalized spacial score (nSPS) is 37.5. The minimum atomic E-state index is 0.432. The van der Waals surface area contributed by atoms with Crippen LogP contribution >= 0.6 is 12.8 Å². The summed E-state index contributed by atoms with van der Waals surface area (Å²) in [7, 11) is 0. The molecule has 2 heteroatoms. The molecule has 1 saturated heterocycles. The third-order valence-corrected chi connectivity index (χ3v) is 2.03. The first-order chi connectivity index (χ1) is 3.52. The summed E-state index contributed by atoms with van der Waals surface area (Å²) in [5.74, 6) is 0. The van der Waals surface area contributed by atoms with Crippen LogP contribution in [0.5, 0.6) is 0 Å². The molecule has 0 radical (unpaired) electrons. The van der Waals surface area contributed by atoms with Gasteiger partial charge in [-0.25, -0.2) is 4.31 Å². The van der Waals surface area contributed by atoms with E-state index in [0.29, 0.717) is 11.5 Å². The van der Waals surface area contributed by atoms with Gasteiger partial charge in [-0.05, 0) is 5.41 Å². The number of thiol groups is 1. The van der Waals surface area contributed by atoms with Gasteiger partial charge in [-0.15, -0.1) is 0 Å². The highest BCUT2D eigenvalue weighted by Gasteiger charge is 2.40. The first-order valence-corrected chi connectivity index (χ1v) is 3.37. The molecule has 1 aliphatic rings. The van der Waals surface area contributed by atoms with Gasteiger partial charge in [-0.3, -0.25) is 0 Å². The average molecular weight is 131 g/mol. The highest BCUT2D eigenvalue weighted by Crippen LogP contribution is 2.35. The van der Waals surface area contributed by atoms with Crippen molar-refractivity contribution >= 4 is 12.8 Å². The monoisotopic (exact) mass is 131 g/mol. The van der Waals surface area contributed by atoms with Crippen molar-refractivity contribution in [1.29, 1.82) is 0 Å². The van der Waals surface area contributed by atoms with Crippen molar-refractivity contribution in [2.24, 2.45) is 5.41 Å². The Morgan fingerprint density at radius 1 is 1.50 bits per heavy atom. The molecule has 0 aromatic heterocycles. The fourth-order valence-electron chi connectivity index (χ4n) is 0.851. The summed E-state index contributed by atoms with van der Waals surface area (Å²) in [5.41, 5.74) is 0.432. The maximum Gasteiger partial charge on any atom is 0.0386 e. The molecule has 1 fully saturated rings. The predicted molar refractivity (Wildman–Crippen MR) is 38.9 cm³/mol. The molecule has 1 nitrogen and oxygen atoms in total. The molecule has 1 rings (SSSR count). The van der Waals surface area contributed by atoms with Gasteiger partial charge in [0.1, 0.15) is 0 Å². The van der Waals surface area contributed by atoms with Crippen LogP contribution in [0.25, 0.3) is 0 Å². The molecule has 1 heterocycles. The summed E-state index contributed by atoms with van der Waals surface area (Å²) in [6.07, 6.45) is 0. The first kappa shape index (κ1) is 6.43. The number of nitrogens with zero attached hydrogens (tertiary/aromatic N) is 1. The van der Waals surface area contributed by atoms with Crippen LogP contribution in [0.3, 0.4) is 0 Å². The third kappa shape index (κ3) is 1.17. The lowest BCUT2D eigenvalue weighted by molar-refractivity contribution is 0.380. The fraction of sp³-hybridized carbons (Fsp3) is 1.00. The van der Waals surface area contributed by atoms with E-state index in [4.69, 9.17) is 0 Å². The van der Waals surface area contributed by atoms with Gasteiger partial charge < -0.3 is 0 Å². The van der Waals surface area contributed by atoms with Gasteiger partial charge in [-0.2, -0.15) is 0 Å². The van der Waals surface area contributed by atoms with Crippen molar-refractivity contribution in [3.8, 4) is 0 Å². The molecule has 0 bridgehead atoms. The summed E-state index contributed by atoms with van der Waals surface area (Å²) in [4.78, 5) is 0. The Balaban J connectivity index is 2.39. The van der Waals surface area contributed by atoms with Gasteiger partial charge in [0.05, 0.1) is 0 Å². The molecule has 0 amide bonds. The molecule has 2 unspecified atom stereocenters. The molecule has 48 valence electrons. The van der Waals surface area contributed by atoms with Crippen LogP contribution in [0.1, 0.15) is 20.8 Å². The molecule has 0 aromatic carbocycles. The molecule has 0 aliphatic carbocycles. The zero-order valence-corrected chi connectivity index (χ0v) is 6.57. The maximum atomic E-state index is 4.20. The Hall–Kier alpha value is 0.310. The first-order valence-electron chi connectivity index (χ1n) is 2.97. The summed E-state index contributed by atoms with van der Waals surface area (Å²) in [6, 6.07) is 0.714. The quantitative estimate of drug-likeness (QED) is 0.385. The van der Waals surface area contributed by atoms with Gasteiger partial charge in [-0.1, -0.05) is 33.6 Å². The second kappa shape index (κ2) is 1.64. The van der Waals surface area contributed by atoms with Gasteiger partial charge >= 0.3 is 0 Å². The van der Waals surface area contributed by atoms with Crippen LogP contribution in [0, 0.1) is 5.41 Å². The number of hydrogen-bond acceptors (Lipinski definition) is 2. The molecule has 0 saturated carbocycles. The summed E-state index contributed by atoms with van der Waals surface area (Å²) < 4.78 is 2.07. The lowest BCUT2D eigenvalue weighted by Gasteiger charge is -2.15. The van der Waals surface area contributed by atoms with Crippen molar-refractivity contribution in [2.45, 2.75) is 26.8 Å². The molecular weight excluding hydrogens is 118 g/mol. The van der Waals surface area contributed by atoms with Crippen LogP contribution in [0.2, 0.25) is 0 Å². The molecule has 1 aliphatic heterocycles. The zero-order chi connectivity index (χ0) is 6.36. The Morgan fingerprint density at radius 2 is 1.88 bits per heavy atom. The number of rotatable bonds is 0.